The highest BCUT2D eigenvalue weighted by atomic mass is 35.5. The molecule has 4 rings (SSSR count). The van der Waals surface area contributed by atoms with Crippen LogP contribution < -0.4 is 15.6 Å². The predicted molar refractivity (Wildman–Crippen MR) is 149 cm³/mol. The topological polar surface area (TPSA) is 110 Å². The number of carbonyl (C=O) groups excluding carboxylic acids is 2. The summed E-state index contributed by atoms with van der Waals surface area (Å²) in [5.41, 5.74) is 0.0722. The number of hydrogen-bond donors (Lipinski definition) is 1. The Morgan fingerprint density at radius 2 is 1.83 bits per heavy atom. The molecule has 1 aromatic heterocycles. The molecular formula is C30H28ClF2N3O5. The third-order valence-corrected chi connectivity index (χ3v) is 6.78. The van der Waals surface area contributed by atoms with Gasteiger partial charge in [0, 0.05) is 40.2 Å². The summed E-state index contributed by atoms with van der Waals surface area (Å²) in [5, 5.41) is 12.5. The van der Waals surface area contributed by atoms with Gasteiger partial charge in [0.2, 0.25) is 5.91 Å². The quantitative estimate of drug-likeness (QED) is 0.315. The molecule has 3 aromatic rings. The van der Waals surface area contributed by atoms with Crippen LogP contribution in [0.3, 0.4) is 0 Å². The van der Waals surface area contributed by atoms with E-state index in [2.05, 4.69) is 5.32 Å². The molecule has 1 heterocycles. The molecule has 214 valence electrons. The molecule has 11 heteroatoms. The van der Waals surface area contributed by atoms with Crippen molar-refractivity contribution >= 4 is 29.2 Å². The van der Waals surface area contributed by atoms with Gasteiger partial charge in [-0.15, -0.1) is 0 Å². The molecule has 41 heavy (non-hydrogen) atoms. The summed E-state index contributed by atoms with van der Waals surface area (Å²) in [6, 6.07) is 12.4. The van der Waals surface area contributed by atoms with Gasteiger partial charge in [-0.1, -0.05) is 11.6 Å². The number of halogens is 3. The highest BCUT2D eigenvalue weighted by Crippen LogP contribution is 2.52. The number of nitrogens with zero attached hydrogens (tertiary/aromatic N) is 2. The fourth-order valence-electron chi connectivity index (χ4n) is 4.38. The van der Waals surface area contributed by atoms with Gasteiger partial charge in [-0.05, 0) is 69.7 Å². The van der Waals surface area contributed by atoms with Crippen LogP contribution >= 0.6 is 11.6 Å². The molecule has 1 N–H and O–H groups in total. The Bertz CT molecular complexity index is 1590. The Kier molecular flexibility index (Phi) is 8.22. The summed E-state index contributed by atoms with van der Waals surface area (Å²) in [4.78, 5) is 39.1. The van der Waals surface area contributed by atoms with E-state index in [1.165, 1.54) is 61.8 Å². The van der Waals surface area contributed by atoms with Crippen LogP contribution in [0.4, 0.5) is 14.5 Å². The summed E-state index contributed by atoms with van der Waals surface area (Å²) in [6.07, 6.45) is 0.591. The van der Waals surface area contributed by atoms with Crippen molar-refractivity contribution in [3.05, 3.63) is 81.2 Å². The van der Waals surface area contributed by atoms with E-state index >= 15 is 0 Å². The van der Waals surface area contributed by atoms with Crippen molar-refractivity contribution in [1.29, 1.82) is 5.26 Å². The summed E-state index contributed by atoms with van der Waals surface area (Å²) in [7, 11) is 1.35. The fraction of sp³-hybridized carbons (Fsp3) is 0.333. The second-order valence-corrected chi connectivity index (χ2v) is 11.2. The normalized spacial score (nSPS) is 16.3. The standard InChI is InChI=1S/C30H28ClF2N3O5/c1-29(2,3)41-28(39)17-6-9-21(10-7-17)35-27(38)24(11-19-14-30(19,32)33)36-16-25(40-4)23(13-26(36)37)22-12-20(31)8-5-18(22)15-34/h5-10,12-13,16,19,24H,11,14H2,1-4H3,(H,35,38). The van der Waals surface area contributed by atoms with Crippen LogP contribution in [0.25, 0.3) is 11.1 Å². The van der Waals surface area contributed by atoms with E-state index < -0.39 is 40.9 Å². The lowest BCUT2D eigenvalue weighted by molar-refractivity contribution is -0.119. The van der Waals surface area contributed by atoms with Crippen molar-refractivity contribution in [2.24, 2.45) is 5.92 Å². The van der Waals surface area contributed by atoms with E-state index in [1.807, 2.05) is 6.07 Å². The molecule has 1 fully saturated rings. The molecule has 0 bridgehead atoms. The van der Waals surface area contributed by atoms with Gasteiger partial charge < -0.3 is 14.8 Å². The van der Waals surface area contributed by atoms with Crippen molar-refractivity contribution in [1.82, 2.24) is 4.57 Å². The number of ether oxygens (including phenoxy) is 2. The van der Waals surface area contributed by atoms with E-state index in [4.69, 9.17) is 21.1 Å². The summed E-state index contributed by atoms with van der Waals surface area (Å²) in [6.45, 7) is 5.22. The van der Waals surface area contributed by atoms with Crippen LogP contribution in [-0.2, 0) is 9.53 Å². The molecule has 1 saturated carbocycles. The molecule has 2 aromatic carbocycles. The third-order valence-electron chi connectivity index (χ3n) is 6.55. The van der Waals surface area contributed by atoms with Gasteiger partial charge in [-0.2, -0.15) is 5.26 Å². The van der Waals surface area contributed by atoms with Crippen molar-refractivity contribution in [2.75, 3.05) is 12.4 Å². The molecule has 2 atom stereocenters. The van der Waals surface area contributed by atoms with Crippen molar-refractivity contribution < 1.29 is 27.8 Å². The van der Waals surface area contributed by atoms with E-state index in [0.717, 1.165) is 4.57 Å². The molecule has 8 nitrogen and oxygen atoms in total. The fourth-order valence-corrected chi connectivity index (χ4v) is 4.55. The zero-order valence-corrected chi connectivity index (χ0v) is 23.6. The predicted octanol–water partition coefficient (Wildman–Crippen LogP) is 6.23. The van der Waals surface area contributed by atoms with E-state index in [1.54, 1.807) is 20.8 Å². The lowest BCUT2D eigenvalue weighted by atomic mass is 10.00. The maximum atomic E-state index is 13.9. The summed E-state index contributed by atoms with van der Waals surface area (Å²) < 4.78 is 39.7. The maximum absolute atomic E-state index is 13.9. The number of aromatic nitrogens is 1. The van der Waals surface area contributed by atoms with Crippen molar-refractivity contribution in [3.63, 3.8) is 0 Å². The lowest BCUT2D eigenvalue weighted by Crippen LogP contribution is -2.34. The Morgan fingerprint density at radius 3 is 2.39 bits per heavy atom. The number of methoxy groups -OCH3 is 1. The molecule has 1 amide bonds. The molecule has 1 aliphatic carbocycles. The zero-order valence-electron chi connectivity index (χ0n) is 22.8. The van der Waals surface area contributed by atoms with Crippen LogP contribution in [0.5, 0.6) is 5.75 Å². The smallest absolute Gasteiger partial charge is 0.338 e. The van der Waals surface area contributed by atoms with Crippen LogP contribution in [0.15, 0.2) is 59.5 Å². The monoisotopic (exact) mass is 583 g/mol. The Labute approximate surface area is 240 Å². The number of anilines is 1. The zero-order chi connectivity index (χ0) is 30.1. The van der Waals surface area contributed by atoms with Crippen LogP contribution in [0.1, 0.15) is 55.6 Å². The molecule has 0 radical (unpaired) electrons. The van der Waals surface area contributed by atoms with Gasteiger partial charge in [0.15, 0.2) is 0 Å². The number of pyridine rings is 1. The van der Waals surface area contributed by atoms with Gasteiger partial charge in [0.1, 0.15) is 17.4 Å². The van der Waals surface area contributed by atoms with Gasteiger partial charge in [0.05, 0.1) is 30.5 Å². The number of amides is 1. The highest BCUT2D eigenvalue weighted by molar-refractivity contribution is 6.31. The first-order valence-electron chi connectivity index (χ1n) is 12.7. The largest absolute Gasteiger partial charge is 0.495 e. The Balaban J connectivity index is 1.67. The lowest BCUT2D eigenvalue weighted by Gasteiger charge is -2.22. The number of nitrogens with one attached hydrogen (secondary N) is 1. The number of carbonyl (C=O) groups is 2. The second kappa shape index (κ2) is 11.3. The van der Waals surface area contributed by atoms with Crippen LogP contribution in [0, 0.1) is 17.2 Å². The van der Waals surface area contributed by atoms with Gasteiger partial charge >= 0.3 is 5.97 Å². The number of nitriles is 1. The number of rotatable bonds is 8. The average molecular weight is 584 g/mol. The van der Waals surface area contributed by atoms with Gasteiger partial charge in [-0.3, -0.25) is 14.2 Å². The van der Waals surface area contributed by atoms with Crippen LogP contribution in [-0.4, -0.2) is 35.1 Å². The first-order valence-corrected chi connectivity index (χ1v) is 13.1. The minimum Gasteiger partial charge on any atom is -0.495 e. The van der Waals surface area contributed by atoms with Crippen molar-refractivity contribution in [2.45, 2.75) is 51.2 Å². The Morgan fingerprint density at radius 1 is 1.17 bits per heavy atom. The van der Waals surface area contributed by atoms with Crippen molar-refractivity contribution in [3.8, 4) is 22.9 Å². The van der Waals surface area contributed by atoms with E-state index in [9.17, 15) is 28.4 Å². The molecule has 2 unspecified atom stereocenters. The minimum atomic E-state index is -2.93. The first kappa shape index (κ1) is 29.7. The maximum Gasteiger partial charge on any atom is 0.338 e. The van der Waals surface area contributed by atoms with Crippen LogP contribution in [0.2, 0.25) is 5.02 Å². The number of alkyl halides is 2. The van der Waals surface area contributed by atoms with Gasteiger partial charge in [-0.25, -0.2) is 13.6 Å². The van der Waals surface area contributed by atoms with E-state index in [0.29, 0.717) is 16.3 Å². The molecular weight excluding hydrogens is 556 g/mol. The summed E-state index contributed by atoms with van der Waals surface area (Å²) in [5.74, 6) is -5.10. The average Bonchev–Trinajstić information content (AvgIpc) is 3.52. The second-order valence-electron chi connectivity index (χ2n) is 10.8. The molecule has 1 aliphatic rings. The molecule has 0 spiro atoms. The highest BCUT2D eigenvalue weighted by Gasteiger charge is 2.57. The number of hydrogen-bond acceptors (Lipinski definition) is 6. The molecule has 0 aliphatic heterocycles. The SMILES string of the molecule is COc1cn(C(CC2CC2(F)F)C(=O)Nc2ccc(C(=O)OC(C)(C)C)cc2)c(=O)cc1-c1cc(Cl)ccc1C#N. The third kappa shape index (κ3) is 6.92. The Hall–Kier alpha value is -4.23. The summed E-state index contributed by atoms with van der Waals surface area (Å²) >= 11 is 6.12. The first-order chi connectivity index (χ1) is 19.2. The minimum absolute atomic E-state index is 0.144. The molecule has 0 saturated heterocycles. The number of benzene rings is 2. The number of esters is 1. The van der Waals surface area contributed by atoms with E-state index in [-0.39, 0.29) is 35.3 Å². The van der Waals surface area contributed by atoms with Gasteiger partial charge in [0.25, 0.3) is 11.5 Å².